The Labute approximate surface area is 228 Å². The molecule has 2 heterocycles. The Hall–Kier alpha value is -2.08. The Morgan fingerprint density at radius 1 is 0.921 bits per heavy atom. The molecule has 5 heteroatoms. The van der Waals surface area contributed by atoms with Crippen LogP contribution in [0.5, 0.6) is 0 Å². The maximum Gasteiger partial charge on any atom is 0.0698 e. The molecule has 200 valence electrons. The minimum atomic E-state index is 0.0632. The molecule has 6 aliphatic carbocycles. The fraction of sp³-hybridized carbons (Fsp3) is 0.758. The van der Waals surface area contributed by atoms with Gasteiger partial charge in [0.15, 0.2) is 0 Å². The summed E-state index contributed by atoms with van der Waals surface area (Å²) < 4.78 is 6.87. The Morgan fingerprint density at radius 2 is 1.87 bits per heavy atom. The molecule has 0 bridgehead atoms. The summed E-state index contributed by atoms with van der Waals surface area (Å²) in [5.74, 6) is 2.26. The van der Waals surface area contributed by atoms with Crippen molar-refractivity contribution in [1.82, 2.24) is 10.2 Å². The zero-order valence-corrected chi connectivity index (χ0v) is 22.6. The van der Waals surface area contributed by atoms with Crippen LogP contribution in [0.3, 0.4) is 0 Å². The number of nitrogens with one attached hydrogen (secondary N) is 1. The number of nitriles is 2. The largest absolute Gasteiger partial charge is 0.385 e. The van der Waals surface area contributed by atoms with Gasteiger partial charge >= 0.3 is 0 Å². The lowest BCUT2D eigenvalue weighted by Crippen LogP contribution is -2.54. The fourth-order valence-corrected chi connectivity index (χ4v) is 10.7. The van der Waals surface area contributed by atoms with Crippen LogP contribution in [0.25, 0.3) is 0 Å². The molecule has 4 fully saturated rings. The molecule has 1 N–H and O–H groups in total. The lowest BCUT2D eigenvalue weighted by molar-refractivity contribution is -0.0459. The normalized spacial score (nSPS) is 50.1. The van der Waals surface area contributed by atoms with Crippen molar-refractivity contribution in [3.63, 3.8) is 0 Å². The van der Waals surface area contributed by atoms with Crippen molar-refractivity contribution in [3.8, 4) is 12.1 Å². The van der Waals surface area contributed by atoms with Gasteiger partial charge in [0.05, 0.1) is 30.3 Å². The van der Waals surface area contributed by atoms with Crippen LogP contribution in [0.4, 0.5) is 0 Å². The number of hydrogen-bond acceptors (Lipinski definition) is 5. The summed E-state index contributed by atoms with van der Waals surface area (Å²) in [6, 6.07) is 7.36. The van der Waals surface area contributed by atoms with E-state index in [-0.39, 0.29) is 11.8 Å². The highest BCUT2D eigenvalue weighted by Gasteiger charge is 2.76. The molecule has 1 spiro atoms. The number of ether oxygens (including phenoxy) is 1. The van der Waals surface area contributed by atoms with Crippen molar-refractivity contribution in [2.75, 3.05) is 0 Å². The smallest absolute Gasteiger partial charge is 0.0698 e. The number of nitrogens with zero attached hydrogens (tertiary/aromatic N) is 3. The highest BCUT2D eigenvalue weighted by atomic mass is 16.5. The van der Waals surface area contributed by atoms with Crippen LogP contribution in [0, 0.1) is 57.7 Å². The molecule has 38 heavy (non-hydrogen) atoms. The van der Waals surface area contributed by atoms with E-state index in [9.17, 15) is 10.5 Å². The molecule has 0 radical (unpaired) electrons. The Kier molecular flexibility index (Phi) is 5.61. The molecule has 0 amide bonds. The maximum atomic E-state index is 9.48. The summed E-state index contributed by atoms with van der Waals surface area (Å²) in [4.78, 5) is 3.01. The van der Waals surface area contributed by atoms with Crippen LogP contribution in [0.1, 0.15) is 83.5 Å². The topological polar surface area (TPSA) is 72.1 Å². The molecule has 5 nitrogen and oxygen atoms in total. The molecule has 1 saturated heterocycles. The van der Waals surface area contributed by atoms with Crippen molar-refractivity contribution in [1.29, 1.82) is 10.5 Å². The van der Waals surface area contributed by atoms with Gasteiger partial charge in [-0.1, -0.05) is 24.3 Å². The molecule has 0 aromatic rings. The Balaban J connectivity index is 0.997. The van der Waals surface area contributed by atoms with E-state index in [4.69, 9.17) is 4.74 Å². The second-order valence-electron chi connectivity index (χ2n) is 13.9. The summed E-state index contributed by atoms with van der Waals surface area (Å²) in [5, 5.41) is 22.9. The highest BCUT2D eigenvalue weighted by Crippen LogP contribution is 2.74. The lowest BCUT2D eigenvalue weighted by atomic mass is 9.68. The molecule has 2 aliphatic heterocycles. The van der Waals surface area contributed by atoms with Crippen molar-refractivity contribution >= 4 is 0 Å². The summed E-state index contributed by atoms with van der Waals surface area (Å²) >= 11 is 0. The van der Waals surface area contributed by atoms with Gasteiger partial charge in [-0.3, -0.25) is 4.90 Å². The molecule has 3 saturated carbocycles. The van der Waals surface area contributed by atoms with E-state index >= 15 is 0 Å². The first kappa shape index (κ1) is 23.8. The van der Waals surface area contributed by atoms with E-state index in [1.54, 1.807) is 5.57 Å². The standard InChI is InChI=1S/C33H42N4O/c34-18-20-6-9-25-26-10-7-23(16-30(26)36-29(25)15-20)37(22-4-2-1-3-5-22)24-8-11-27-31(17-24)38-32-28-14-21(19-35)12-13-33(27,28)32/h1-2,6,9,20-25,27-29,31-32,36H,3-5,7-8,10-17H2. The molecule has 8 aliphatic rings. The van der Waals surface area contributed by atoms with Crippen molar-refractivity contribution < 1.29 is 4.74 Å². The minimum absolute atomic E-state index is 0.0632. The predicted octanol–water partition coefficient (Wildman–Crippen LogP) is 5.77. The first-order valence-corrected chi connectivity index (χ1v) is 15.7. The third-order valence-electron chi connectivity index (χ3n) is 12.4. The van der Waals surface area contributed by atoms with Gasteiger partial charge in [-0.05, 0) is 94.5 Å². The van der Waals surface area contributed by atoms with Gasteiger partial charge in [-0.15, -0.1) is 0 Å². The first-order chi connectivity index (χ1) is 18.7. The van der Waals surface area contributed by atoms with Crippen LogP contribution in [-0.2, 0) is 4.74 Å². The van der Waals surface area contributed by atoms with Crippen LogP contribution in [-0.4, -0.2) is 41.3 Å². The van der Waals surface area contributed by atoms with Crippen molar-refractivity contribution in [3.05, 3.63) is 35.6 Å². The molecule has 12 atom stereocenters. The first-order valence-electron chi connectivity index (χ1n) is 15.7. The summed E-state index contributed by atoms with van der Waals surface area (Å²) in [5.41, 5.74) is 3.59. The third-order valence-corrected chi connectivity index (χ3v) is 12.4. The maximum absolute atomic E-state index is 9.48. The molecular weight excluding hydrogens is 468 g/mol. The number of rotatable bonds is 3. The Morgan fingerprint density at radius 3 is 2.71 bits per heavy atom. The molecule has 8 rings (SSSR count). The fourth-order valence-electron chi connectivity index (χ4n) is 10.7. The second-order valence-corrected chi connectivity index (χ2v) is 13.9. The average Bonchev–Trinajstić information content (AvgIpc) is 3.26. The van der Waals surface area contributed by atoms with E-state index in [0.717, 1.165) is 31.6 Å². The number of fused-ring (bicyclic) bond motifs is 4. The van der Waals surface area contributed by atoms with Crippen LogP contribution in [0.2, 0.25) is 0 Å². The quantitative estimate of drug-likeness (QED) is 0.488. The number of allylic oxidation sites excluding steroid dienone is 2. The monoisotopic (exact) mass is 510 g/mol. The van der Waals surface area contributed by atoms with Gasteiger partial charge in [-0.2, -0.15) is 10.5 Å². The van der Waals surface area contributed by atoms with Crippen molar-refractivity contribution in [2.24, 2.45) is 35.0 Å². The van der Waals surface area contributed by atoms with E-state index in [2.05, 4.69) is 46.7 Å². The van der Waals surface area contributed by atoms with E-state index in [0.29, 0.717) is 53.6 Å². The van der Waals surface area contributed by atoms with Crippen molar-refractivity contribution in [2.45, 2.75) is 120 Å². The molecular formula is C33H42N4O. The SMILES string of the molecule is N#CC1C=CC2C3=C(CC(N(C4CC=CCC4)C4CCC5C(C4)OC4C6CC(C#N)CCC564)CC3)NC2C1. The van der Waals surface area contributed by atoms with Gasteiger partial charge in [0, 0.05) is 53.5 Å². The molecule has 0 aromatic carbocycles. The zero-order valence-electron chi connectivity index (χ0n) is 22.6. The number of hydrogen-bond donors (Lipinski definition) is 1. The van der Waals surface area contributed by atoms with E-state index in [1.165, 1.54) is 63.5 Å². The highest BCUT2D eigenvalue weighted by molar-refractivity contribution is 5.34. The minimum Gasteiger partial charge on any atom is -0.385 e. The summed E-state index contributed by atoms with van der Waals surface area (Å²) in [6.45, 7) is 0. The third kappa shape index (κ3) is 3.47. The van der Waals surface area contributed by atoms with Crippen LogP contribution >= 0.6 is 0 Å². The van der Waals surface area contributed by atoms with Gasteiger partial charge in [-0.25, -0.2) is 0 Å². The van der Waals surface area contributed by atoms with E-state index in [1.807, 2.05) is 0 Å². The van der Waals surface area contributed by atoms with Crippen LogP contribution < -0.4 is 5.32 Å². The Bertz CT molecular complexity index is 1160. The van der Waals surface area contributed by atoms with Crippen LogP contribution in [0.15, 0.2) is 35.6 Å². The predicted molar refractivity (Wildman–Crippen MR) is 145 cm³/mol. The van der Waals surface area contributed by atoms with Gasteiger partial charge in [0.25, 0.3) is 0 Å². The van der Waals surface area contributed by atoms with Gasteiger partial charge in [0.2, 0.25) is 0 Å². The average molecular weight is 511 g/mol. The second kappa shape index (κ2) is 8.97. The lowest BCUT2D eigenvalue weighted by Gasteiger charge is -2.49. The summed E-state index contributed by atoms with van der Waals surface area (Å²) in [7, 11) is 0. The van der Waals surface area contributed by atoms with Gasteiger partial charge in [0.1, 0.15) is 0 Å². The molecule has 0 aromatic heterocycles. The summed E-state index contributed by atoms with van der Waals surface area (Å²) in [6.07, 6.45) is 25.8. The van der Waals surface area contributed by atoms with E-state index < -0.39 is 0 Å². The molecule has 12 unspecified atom stereocenters. The van der Waals surface area contributed by atoms with Gasteiger partial charge < -0.3 is 10.1 Å². The zero-order chi connectivity index (χ0) is 25.4.